The second kappa shape index (κ2) is 6.74. The van der Waals surface area contributed by atoms with Gasteiger partial charge in [0.25, 0.3) is 11.8 Å². The summed E-state index contributed by atoms with van der Waals surface area (Å²) in [5.41, 5.74) is 2.04. The van der Waals surface area contributed by atoms with Gasteiger partial charge in [0.15, 0.2) is 12.1 Å². The molecule has 4 fully saturated rings. The number of nitrogens with zero attached hydrogens (tertiary/aromatic N) is 2. The number of carbonyl (C=O) groups excluding carboxylic acids is 2. The van der Waals surface area contributed by atoms with Crippen molar-refractivity contribution in [2.24, 2.45) is 5.92 Å². The van der Waals surface area contributed by atoms with E-state index in [2.05, 4.69) is 15.6 Å². The third kappa shape index (κ3) is 3.09. The predicted octanol–water partition coefficient (Wildman–Crippen LogP) is 1.91. The molecule has 3 unspecified atom stereocenters. The van der Waals surface area contributed by atoms with Crippen molar-refractivity contribution in [3.05, 3.63) is 53.2 Å². The lowest BCUT2D eigenvalue weighted by atomic mass is 9.72. The fourth-order valence-corrected chi connectivity index (χ4v) is 4.31. The number of aromatic nitrogens is 1. The quantitative estimate of drug-likeness (QED) is 0.799. The molecule has 4 aliphatic rings. The molecule has 2 aromatic rings. The molecule has 7 nitrogen and oxygen atoms in total. The van der Waals surface area contributed by atoms with E-state index in [4.69, 9.17) is 4.42 Å². The predicted molar refractivity (Wildman–Crippen MR) is 102 cm³/mol. The van der Waals surface area contributed by atoms with Crippen molar-refractivity contribution in [2.75, 3.05) is 13.6 Å². The smallest absolute Gasteiger partial charge is 0.276 e. The van der Waals surface area contributed by atoms with E-state index in [1.165, 1.54) is 6.39 Å². The van der Waals surface area contributed by atoms with Crippen LogP contribution in [0.25, 0.3) is 0 Å². The summed E-state index contributed by atoms with van der Waals surface area (Å²) in [7, 11) is 1.77. The van der Waals surface area contributed by atoms with Crippen LogP contribution in [0.4, 0.5) is 0 Å². The van der Waals surface area contributed by atoms with Crippen LogP contribution in [0.1, 0.15) is 57.4 Å². The van der Waals surface area contributed by atoms with E-state index in [0.29, 0.717) is 35.8 Å². The van der Waals surface area contributed by atoms with Crippen molar-refractivity contribution in [3.63, 3.8) is 0 Å². The van der Waals surface area contributed by atoms with Gasteiger partial charge in [0.1, 0.15) is 5.76 Å². The van der Waals surface area contributed by atoms with Crippen molar-refractivity contribution >= 4 is 11.8 Å². The first-order valence-corrected chi connectivity index (χ1v) is 9.92. The van der Waals surface area contributed by atoms with Crippen LogP contribution in [-0.2, 0) is 6.54 Å². The molecule has 7 heteroatoms. The van der Waals surface area contributed by atoms with E-state index in [1.54, 1.807) is 11.9 Å². The van der Waals surface area contributed by atoms with E-state index in [9.17, 15) is 9.59 Å². The zero-order valence-electron chi connectivity index (χ0n) is 15.9. The number of amides is 2. The maximum absolute atomic E-state index is 12.9. The number of benzene rings is 1. The van der Waals surface area contributed by atoms with Gasteiger partial charge in [-0.05, 0) is 49.4 Å². The van der Waals surface area contributed by atoms with Gasteiger partial charge in [0, 0.05) is 37.2 Å². The second-order valence-electron chi connectivity index (χ2n) is 8.21. The van der Waals surface area contributed by atoms with Gasteiger partial charge in [-0.3, -0.25) is 9.59 Å². The average Bonchev–Trinajstić information content (AvgIpc) is 3.09. The largest absolute Gasteiger partial charge is 0.447 e. The van der Waals surface area contributed by atoms with Gasteiger partial charge in [0.05, 0.1) is 0 Å². The summed E-state index contributed by atoms with van der Waals surface area (Å²) in [6, 6.07) is 8.16. The fraction of sp³-hybridized carbons (Fsp3) is 0.476. The summed E-state index contributed by atoms with van der Waals surface area (Å²) < 4.78 is 5.61. The molecule has 146 valence electrons. The molecule has 2 aliphatic carbocycles. The van der Waals surface area contributed by atoms with Crippen molar-refractivity contribution in [2.45, 2.75) is 43.8 Å². The lowest BCUT2D eigenvalue weighted by Crippen LogP contribution is -2.36. The van der Waals surface area contributed by atoms with Crippen LogP contribution in [0.3, 0.4) is 0 Å². The van der Waals surface area contributed by atoms with Crippen LogP contribution in [0, 0.1) is 5.92 Å². The van der Waals surface area contributed by atoms with Crippen molar-refractivity contribution in [1.29, 1.82) is 0 Å². The molecule has 2 saturated heterocycles. The summed E-state index contributed by atoms with van der Waals surface area (Å²) in [5.74, 6) is 1.36. The first kappa shape index (κ1) is 17.4. The topological polar surface area (TPSA) is 87.5 Å². The number of hydrogen-bond acceptors (Lipinski definition) is 5. The van der Waals surface area contributed by atoms with Crippen LogP contribution < -0.4 is 10.6 Å². The minimum atomic E-state index is -0.134. The van der Waals surface area contributed by atoms with Gasteiger partial charge in [-0.25, -0.2) is 4.98 Å². The lowest BCUT2D eigenvalue weighted by molar-refractivity contribution is 0.0774. The van der Waals surface area contributed by atoms with E-state index in [0.717, 1.165) is 37.1 Å². The normalized spacial score (nSPS) is 25.2. The summed E-state index contributed by atoms with van der Waals surface area (Å²) in [4.78, 5) is 30.9. The van der Waals surface area contributed by atoms with Crippen LogP contribution in [0.15, 0.2) is 35.1 Å². The third-order valence-corrected chi connectivity index (χ3v) is 6.14. The molecule has 2 N–H and O–H groups in total. The third-order valence-electron chi connectivity index (χ3n) is 6.14. The molecule has 3 heterocycles. The Kier molecular flexibility index (Phi) is 4.19. The number of rotatable bonds is 6. The maximum atomic E-state index is 12.9. The van der Waals surface area contributed by atoms with Gasteiger partial charge in [-0.15, -0.1) is 0 Å². The number of oxazole rings is 1. The van der Waals surface area contributed by atoms with Crippen molar-refractivity contribution < 1.29 is 14.0 Å². The van der Waals surface area contributed by atoms with Crippen molar-refractivity contribution in [1.82, 2.24) is 20.5 Å². The second-order valence-corrected chi connectivity index (χ2v) is 8.21. The highest BCUT2D eigenvalue weighted by Gasteiger charge is 2.50. The highest BCUT2D eigenvalue weighted by molar-refractivity contribution is 5.95. The molecule has 2 bridgehead atoms. The lowest BCUT2D eigenvalue weighted by Gasteiger charge is -2.33. The van der Waals surface area contributed by atoms with E-state index < -0.39 is 0 Å². The fourth-order valence-electron chi connectivity index (χ4n) is 4.31. The maximum Gasteiger partial charge on any atom is 0.276 e. The molecule has 3 atom stereocenters. The van der Waals surface area contributed by atoms with E-state index in [-0.39, 0.29) is 17.7 Å². The minimum absolute atomic E-state index is 0.0329. The average molecular weight is 380 g/mol. The minimum Gasteiger partial charge on any atom is -0.447 e. The van der Waals surface area contributed by atoms with Gasteiger partial charge in [0.2, 0.25) is 0 Å². The van der Waals surface area contributed by atoms with Gasteiger partial charge in [-0.1, -0.05) is 12.1 Å². The summed E-state index contributed by atoms with van der Waals surface area (Å²) in [5, 5.41) is 6.43. The Labute approximate surface area is 163 Å². The molecule has 0 radical (unpaired) electrons. The van der Waals surface area contributed by atoms with Crippen LogP contribution in [0.5, 0.6) is 0 Å². The summed E-state index contributed by atoms with van der Waals surface area (Å²) >= 11 is 0. The van der Waals surface area contributed by atoms with Gasteiger partial charge >= 0.3 is 0 Å². The molecule has 2 aliphatic heterocycles. The summed E-state index contributed by atoms with van der Waals surface area (Å²) in [6.45, 7) is 1.44. The molecule has 2 amide bonds. The number of nitrogens with one attached hydrogen (secondary N) is 2. The molecular weight excluding hydrogens is 356 g/mol. The zero-order valence-corrected chi connectivity index (χ0v) is 15.9. The number of fused-ring (bicyclic) bond motifs is 1. The molecule has 28 heavy (non-hydrogen) atoms. The Bertz CT molecular complexity index is 889. The van der Waals surface area contributed by atoms with E-state index >= 15 is 0 Å². The van der Waals surface area contributed by atoms with E-state index in [1.807, 2.05) is 24.3 Å². The Morgan fingerprint density at radius 3 is 2.71 bits per heavy atom. The zero-order chi connectivity index (χ0) is 19.3. The molecule has 2 saturated carbocycles. The van der Waals surface area contributed by atoms with Crippen LogP contribution >= 0.6 is 0 Å². The molecule has 6 rings (SSSR count). The van der Waals surface area contributed by atoms with Crippen LogP contribution in [0.2, 0.25) is 0 Å². The first-order chi connectivity index (χ1) is 13.6. The molecule has 1 aromatic heterocycles. The van der Waals surface area contributed by atoms with Gasteiger partial charge in [-0.2, -0.15) is 0 Å². The highest BCUT2D eigenvalue weighted by atomic mass is 16.3. The van der Waals surface area contributed by atoms with Crippen LogP contribution in [-0.4, -0.2) is 47.4 Å². The monoisotopic (exact) mass is 380 g/mol. The Morgan fingerprint density at radius 2 is 2.07 bits per heavy atom. The first-order valence-electron chi connectivity index (χ1n) is 9.92. The van der Waals surface area contributed by atoms with Gasteiger partial charge < -0.3 is 20.0 Å². The molecule has 1 aromatic carbocycles. The Hall–Kier alpha value is -2.67. The Balaban J connectivity index is 1.24. The Morgan fingerprint density at radius 1 is 1.29 bits per heavy atom. The highest BCUT2D eigenvalue weighted by Crippen LogP contribution is 2.48. The number of carbonyl (C=O) groups is 2. The van der Waals surface area contributed by atoms with Crippen molar-refractivity contribution in [3.8, 4) is 0 Å². The SMILES string of the molecule is CN(Cc1ccc(C(=O)NC2CC2)cc1)C(=O)c1ncoc1C1C2CNC1C2. The number of hydrogen-bond donors (Lipinski definition) is 2. The summed E-state index contributed by atoms with van der Waals surface area (Å²) in [6.07, 6.45) is 4.66. The molecular formula is C21H24N4O3. The molecule has 0 spiro atoms. The standard InChI is InChI=1S/C21H24N4O3/c1-25(10-12-2-4-13(5-3-12)20(26)24-15-6-7-15)21(27)18-19(28-11-23-18)17-14-8-16(17)22-9-14/h2-5,11,14-17,22H,6-10H2,1H3,(H,24,26).